The minimum atomic E-state index is -4.94. The number of halogens is 4. The van der Waals surface area contributed by atoms with E-state index in [1.165, 1.54) is 30.6 Å². The van der Waals surface area contributed by atoms with Gasteiger partial charge in [0.25, 0.3) is 0 Å². The number of nitrogens with one attached hydrogen (secondary N) is 2. The van der Waals surface area contributed by atoms with Crippen LogP contribution in [0, 0.1) is 5.82 Å². The standard InChI is InChI=1S/C22H19F4N3O3S/c1-2-10-33(31,32)16-6-7-17(14-4-3-9-27-13-14)20(12-16)29-21(30)28-15-5-8-19(23)18(11-15)22(24,25)26/h3-9,11-13H,2,10H2,1H3,(H2,28,29,30). The number of urea groups is 1. The lowest BCUT2D eigenvalue weighted by atomic mass is 10.1. The Bertz CT molecular complexity index is 1260. The Morgan fingerprint density at radius 1 is 1.06 bits per heavy atom. The molecule has 0 radical (unpaired) electrons. The molecule has 3 rings (SSSR count). The normalized spacial score (nSPS) is 11.8. The monoisotopic (exact) mass is 481 g/mol. The van der Waals surface area contributed by atoms with E-state index in [1.54, 1.807) is 19.1 Å². The maximum Gasteiger partial charge on any atom is 0.419 e. The third-order valence-electron chi connectivity index (χ3n) is 4.57. The van der Waals surface area contributed by atoms with Gasteiger partial charge in [0, 0.05) is 29.2 Å². The van der Waals surface area contributed by atoms with Gasteiger partial charge in [0.2, 0.25) is 0 Å². The van der Waals surface area contributed by atoms with Crippen LogP contribution in [0.3, 0.4) is 0 Å². The van der Waals surface area contributed by atoms with Crippen molar-refractivity contribution < 1.29 is 30.8 Å². The highest BCUT2D eigenvalue weighted by atomic mass is 32.2. The molecular formula is C22H19F4N3O3S. The summed E-state index contributed by atoms with van der Waals surface area (Å²) < 4.78 is 77.3. The second-order valence-electron chi connectivity index (χ2n) is 7.04. The molecule has 0 saturated heterocycles. The van der Waals surface area contributed by atoms with E-state index in [1.807, 2.05) is 0 Å². The molecule has 6 nitrogen and oxygen atoms in total. The van der Waals surface area contributed by atoms with Gasteiger partial charge in [-0.1, -0.05) is 19.1 Å². The Morgan fingerprint density at radius 2 is 1.82 bits per heavy atom. The molecule has 0 aliphatic carbocycles. The van der Waals surface area contributed by atoms with E-state index in [-0.39, 0.29) is 22.0 Å². The molecule has 0 aliphatic heterocycles. The zero-order chi connectivity index (χ0) is 24.2. The molecule has 0 bridgehead atoms. The van der Waals surface area contributed by atoms with Gasteiger partial charge < -0.3 is 10.6 Å². The fourth-order valence-electron chi connectivity index (χ4n) is 3.09. The van der Waals surface area contributed by atoms with Gasteiger partial charge in [-0.15, -0.1) is 0 Å². The maximum absolute atomic E-state index is 13.5. The molecule has 0 saturated carbocycles. The molecule has 2 amide bonds. The first-order valence-electron chi connectivity index (χ1n) is 9.73. The summed E-state index contributed by atoms with van der Waals surface area (Å²) in [6.45, 7) is 1.71. The van der Waals surface area contributed by atoms with Crippen LogP contribution in [0.1, 0.15) is 18.9 Å². The number of pyridine rings is 1. The summed E-state index contributed by atoms with van der Waals surface area (Å²) in [6.07, 6.45) is -1.50. The zero-order valence-corrected chi connectivity index (χ0v) is 18.1. The fraction of sp³-hybridized carbons (Fsp3) is 0.182. The molecule has 33 heavy (non-hydrogen) atoms. The van der Waals surface area contributed by atoms with Crippen molar-refractivity contribution in [2.45, 2.75) is 24.4 Å². The molecule has 0 aliphatic rings. The van der Waals surface area contributed by atoms with Gasteiger partial charge in [-0.25, -0.2) is 17.6 Å². The van der Waals surface area contributed by atoms with Crippen LogP contribution < -0.4 is 10.6 Å². The number of rotatable bonds is 6. The van der Waals surface area contributed by atoms with E-state index in [0.717, 1.165) is 6.07 Å². The van der Waals surface area contributed by atoms with Crippen molar-refractivity contribution in [1.29, 1.82) is 0 Å². The molecule has 0 atom stereocenters. The van der Waals surface area contributed by atoms with E-state index >= 15 is 0 Å². The smallest absolute Gasteiger partial charge is 0.308 e. The molecule has 3 aromatic rings. The Labute approximate surface area is 187 Å². The largest absolute Gasteiger partial charge is 0.419 e. The second kappa shape index (κ2) is 9.57. The van der Waals surface area contributed by atoms with E-state index in [4.69, 9.17) is 0 Å². The molecule has 1 heterocycles. The number of sulfone groups is 1. The molecule has 0 fully saturated rings. The Balaban J connectivity index is 1.95. The number of hydrogen-bond acceptors (Lipinski definition) is 4. The van der Waals surface area contributed by atoms with E-state index < -0.39 is 33.4 Å². The third-order valence-corrected chi connectivity index (χ3v) is 6.49. The van der Waals surface area contributed by atoms with Crippen molar-refractivity contribution in [3.8, 4) is 11.1 Å². The van der Waals surface area contributed by atoms with Gasteiger partial charge in [-0.2, -0.15) is 13.2 Å². The Kier molecular flexibility index (Phi) is 7.01. The lowest BCUT2D eigenvalue weighted by Gasteiger charge is -2.15. The number of carbonyl (C=O) groups is 1. The number of nitrogens with zero attached hydrogens (tertiary/aromatic N) is 1. The SMILES string of the molecule is CCCS(=O)(=O)c1ccc(-c2cccnc2)c(NC(=O)Nc2ccc(F)c(C(F)(F)F)c2)c1. The topological polar surface area (TPSA) is 88.2 Å². The van der Waals surface area contributed by atoms with Gasteiger partial charge in [0.1, 0.15) is 5.82 Å². The van der Waals surface area contributed by atoms with Crippen LogP contribution in [-0.4, -0.2) is 25.2 Å². The van der Waals surface area contributed by atoms with Crippen LogP contribution >= 0.6 is 0 Å². The number of anilines is 2. The molecule has 2 N–H and O–H groups in total. The highest BCUT2D eigenvalue weighted by Crippen LogP contribution is 2.34. The Morgan fingerprint density at radius 3 is 2.45 bits per heavy atom. The van der Waals surface area contributed by atoms with Crippen molar-refractivity contribution in [1.82, 2.24) is 4.98 Å². The van der Waals surface area contributed by atoms with Gasteiger partial charge in [-0.3, -0.25) is 4.98 Å². The molecule has 1 aromatic heterocycles. The van der Waals surface area contributed by atoms with Gasteiger partial charge in [0.15, 0.2) is 9.84 Å². The number of benzene rings is 2. The summed E-state index contributed by atoms with van der Waals surface area (Å²) in [5.74, 6) is -1.57. The summed E-state index contributed by atoms with van der Waals surface area (Å²) >= 11 is 0. The molecule has 174 valence electrons. The summed E-state index contributed by atoms with van der Waals surface area (Å²) in [5, 5.41) is 4.68. The minimum Gasteiger partial charge on any atom is -0.308 e. The van der Waals surface area contributed by atoms with E-state index in [0.29, 0.717) is 29.7 Å². The first kappa shape index (κ1) is 24.2. The first-order valence-corrected chi connectivity index (χ1v) is 11.4. The van der Waals surface area contributed by atoms with Crippen LogP contribution in [0.4, 0.5) is 33.7 Å². The molecule has 0 spiro atoms. The summed E-state index contributed by atoms with van der Waals surface area (Å²) in [6, 6.07) is 8.65. The summed E-state index contributed by atoms with van der Waals surface area (Å²) in [7, 11) is -3.61. The van der Waals surface area contributed by atoms with Crippen molar-refractivity contribution in [2.24, 2.45) is 0 Å². The van der Waals surface area contributed by atoms with Crippen LogP contribution in [0.25, 0.3) is 11.1 Å². The van der Waals surface area contributed by atoms with E-state index in [2.05, 4.69) is 15.6 Å². The molecule has 11 heteroatoms. The predicted octanol–water partition coefficient (Wildman–Crippen LogP) is 5.73. The maximum atomic E-state index is 13.5. The third kappa shape index (κ3) is 5.86. The van der Waals surface area contributed by atoms with Crippen molar-refractivity contribution in [3.63, 3.8) is 0 Å². The number of amides is 2. The van der Waals surface area contributed by atoms with E-state index in [9.17, 15) is 30.8 Å². The lowest BCUT2D eigenvalue weighted by molar-refractivity contribution is -0.139. The summed E-state index contributed by atoms with van der Waals surface area (Å²) in [5.41, 5.74) is -0.684. The van der Waals surface area contributed by atoms with Crippen LogP contribution in [0.15, 0.2) is 65.8 Å². The summed E-state index contributed by atoms with van der Waals surface area (Å²) in [4.78, 5) is 16.5. The predicted molar refractivity (Wildman–Crippen MR) is 116 cm³/mol. The lowest BCUT2D eigenvalue weighted by Crippen LogP contribution is -2.21. The van der Waals surface area contributed by atoms with Crippen LogP contribution in [0.5, 0.6) is 0 Å². The average molecular weight is 481 g/mol. The average Bonchev–Trinajstić information content (AvgIpc) is 2.75. The highest BCUT2D eigenvalue weighted by molar-refractivity contribution is 7.91. The van der Waals surface area contributed by atoms with Crippen molar-refractivity contribution in [2.75, 3.05) is 16.4 Å². The second-order valence-corrected chi connectivity index (χ2v) is 9.15. The molecule has 2 aromatic carbocycles. The Hall–Kier alpha value is -3.47. The van der Waals surface area contributed by atoms with Gasteiger partial charge in [0.05, 0.1) is 21.9 Å². The fourth-order valence-corrected chi connectivity index (χ4v) is 4.43. The zero-order valence-electron chi connectivity index (χ0n) is 17.3. The molecular weight excluding hydrogens is 462 g/mol. The number of alkyl halides is 3. The highest BCUT2D eigenvalue weighted by Gasteiger charge is 2.34. The molecule has 0 unspecified atom stereocenters. The number of aromatic nitrogens is 1. The quantitative estimate of drug-likeness (QED) is 0.440. The van der Waals surface area contributed by atoms with Crippen LogP contribution in [-0.2, 0) is 16.0 Å². The number of carbonyl (C=O) groups excluding carboxylic acids is 1. The number of hydrogen-bond donors (Lipinski definition) is 2. The van der Waals surface area contributed by atoms with Crippen molar-refractivity contribution in [3.05, 3.63) is 72.3 Å². The van der Waals surface area contributed by atoms with Crippen LogP contribution in [0.2, 0.25) is 0 Å². The van der Waals surface area contributed by atoms with Crippen molar-refractivity contribution >= 4 is 27.2 Å². The van der Waals surface area contributed by atoms with Gasteiger partial charge in [-0.05, 0) is 42.8 Å². The first-order chi connectivity index (χ1) is 15.5. The van der Waals surface area contributed by atoms with Gasteiger partial charge >= 0.3 is 12.2 Å². The minimum absolute atomic E-state index is 0.0200.